The van der Waals surface area contributed by atoms with E-state index >= 15 is 0 Å². The Labute approximate surface area is 66.2 Å². The van der Waals surface area contributed by atoms with E-state index in [0.29, 0.717) is 5.54 Å². The van der Waals surface area contributed by atoms with E-state index < -0.39 is 0 Å². The van der Waals surface area contributed by atoms with Crippen LogP contribution in [0.2, 0.25) is 0 Å². The molecule has 0 heterocycles. The zero-order valence-electron chi connectivity index (χ0n) is 8.41. The number of rotatable bonds is 3. The third-order valence-electron chi connectivity index (χ3n) is 2.16. The first-order valence-electron chi connectivity index (χ1n) is 4.37. The van der Waals surface area contributed by atoms with Crippen LogP contribution in [0.1, 0.15) is 47.5 Å². The third kappa shape index (κ3) is 4.80. The zero-order chi connectivity index (χ0) is 8.62. The summed E-state index contributed by atoms with van der Waals surface area (Å²) in [4.78, 5) is 0. The van der Waals surface area contributed by atoms with Gasteiger partial charge in [-0.05, 0) is 26.8 Å². The van der Waals surface area contributed by atoms with Crippen molar-refractivity contribution in [1.29, 1.82) is 0 Å². The molecular formula is C9H23N. The van der Waals surface area contributed by atoms with Gasteiger partial charge in [0, 0.05) is 5.54 Å². The average Bonchev–Trinajstić information content (AvgIpc) is 2.07. The number of hydrogen-bond donors (Lipinski definition) is 1. The molecule has 0 saturated carbocycles. The Bertz CT molecular complexity index is 47.5. The van der Waals surface area contributed by atoms with E-state index in [-0.39, 0.29) is 0 Å². The molecule has 0 aromatic heterocycles. The summed E-state index contributed by atoms with van der Waals surface area (Å²) in [6.45, 7) is 10.7. The van der Waals surface area contributed by atoms with Crippen LogP contribution < -0.4 is 5.32 Å². The van der Waals surface area contributed by atoms with Crippen molar-refractivity contribution in [3.8, 4) is 0 Å². The van der Waals surface area contributed by atoms with E-state index in [0.717, 1.165) is 0 Å². The van der Waals surface area contributed by atoms with Crippen LogP contribution in [0.15, 0.2) is 0 Å². The molecule has 1 heteroatoms. The zero-order valence-corrected chi connectivity index (χ0v) is 8.41. The number of nitrogens with one attached hydrogen (secondary N) is 1. The van der Waals surface area contributed by atoms with Gasteiger partial charge in [-0.2, -0.15) is 0 Å². The maximum absolute atomic E-state index is 3.28. The first-order chi connectivity index (χ1) is 4.68. The molecule has 10 heavy (non-hydrogen) atoms. The highest BCUT2D eigenvalue weighted by Gasteiger charge is 2.14. The Balaban J connectivity index is 0. The van der Waals surface area contributed by atoms with Gasteiger partial charge in [0.05, 0.1) is 0 Å². The molecule has 0 aliphatic carbocycles. The van der Waals surface area contributed by atoms with Gasteiger partial charge >= 0.3 is 0 Å². The smallest absolute Gasteiger partial charge is 0.0145 e. The normalized spacial score (nSPS) is 10.2. The molecule has 0 radical (unpaired) electrons. The maximum atomic E-state index is 3.28. The van der Waals surface area contributed by atoms with Crippen molar-refractivity contribution in [1.82, 2.24) is 5.32 Å². The Morgan fingerprint density at radius 3 is 1.40 bits per heavy atom. The highest BCUT2D eigenvalue weighted by Crippen LogP contribution is 2.11. The van der Waals surface area contributed by atoms with Gasteiger partial charge in [-0.15, -0.1) is 0 Å². The quantitative estimate of drug-likeness (QED) is 0.644. The SMILES string of the molecule is CC.CCC(C)(CC)NC. The van der Waals surface area contributed by atoms with Crippen molar-refractivity contribution in [2.75, 3.05) is 7.05 Å². The Hall–Kier alpha value is -0.0400. The molecule has 0 fully saturated rings. The van der Waals surface area contributed by atoms with Gasteiger partial charge in [-0.25, -0.2) is 0 Å². The summed E-state index contributed by atoms with van der Waals surface area (Å²) in [7, 11) is 2.02. The molecule has 0 amide bonds. The lowest BCUT2D eigenvalue weighted by Gasteiger charge is -2.25. The molecule has 0 atom stereocenters. The van der Waals surface area contributed by atoms with Crippen molar-refractivity contribution in [3.05, 3.63) is 0 Å². The molecule has 0 rings (SSSR count). The molecule has 0 unspecified atom stereocenters. The molecule has 0 aliphatic heterocycles. The molecule has 0 aromatic rings. The van der Waals surface area contributed by atoms with Crippen molar-refractivity contribution in [2.45, 2.75) is 53.0 Å². The Morgan fingerprint density at radius 2 is 1.40 bits per heavy atom. The van der Waals surface area contributed by atoms with Crippen LogP contribution in [0.4, 0.5) is 0 Å². The summed E-state index contributed by atoms with van der Waals surface area (Å²) in [5.74, 6) is 0. The molecular weight excluding hydrogens is 122 g/mol. The summed E-state index contributed by atoms with van der Waals surface area (Å²) >= 11 is 0. The minimum atomic E-state index is 0.375. The lowest BCUT2D eigenvalue weighted by molar-refractivity contribution is 0.359. The number of hydrogen-bond acceptors (Lipinski definition) is 1. The second-order valence-electron chi connectivity index (χ2n) is 2.52. The van der Waals surface area contributed by atoms with Crippen molar-refractivity contribution in [2.24, 2.45) is 0 Å². The van der Waals surface area contributed by atoms with E-state index in [1.807, 2.05) is 20.9 Å². The lowest BCUT2D eigenvalue weighted by atomic mass is 9.96. The van der Waals surface area contributed by atoms with Gasteiger partial charge in [0.25, 0.3) is 0 Å². The van der Waals surface area contributed by atoms with Crippen LogP contribution in [0.25, 0.3) is 0 Å². The summed E-state index contributed by atoms with van der Waals surface area (Å²) in [5.41, 5.74) is 0.375. The van der Waals surface area contributed by atoms with E-state index in [2.05, 4.69) is 26.1 Å². The average molecular weight is 145 g/mol. The van der Waals surface area contributed by atoms with Crippen molar-refractivity contribution < 1.29 is 0 Å². The summed E-state index contributed by atoms with van der Waals surface area (Å²) in [6.07, 6.45) is 2.42. The van der Waals surface area contributed by atoms with Gasteiger partial charge in [0.15, 0.2) is 0 Å². The molecule has 0 saturated heterocycles. The van der Waals surface area contributed by atoms with E-state index in [9.17, 15) is 0 Å². The van der Waals surface area contributed by atoms with Crippen LogP contribution in [-0.2, 0) is 0 Å². The molecule has 0 aromatic carbocycles. The largest absolute Gasteiger partial charge is 0.315 e. The topological polar surface area (TPSA) is 12.0 Å². The first-order valence-corrected chi connectivity index (χ1v) is 4.37. The van der Waals surface area contributed by atoms with E-state index in [4.69, 9.17) is 0 Å². The second kappa shape index (κ2) is 7.07. The second-order valence-corrected chi connectivity index (χ2v) is 2.52. The third-order valence-corrected chi connectivity index (χ3v) is 2.16. The summed E-state index contributed by atoms with van der Waals surface area (Å²) < 4.78 is 0. The predicted octanol–water partition coefficient (Wildman–Crippen LogP) is 2.81. The Morgan fingerprint density at radius 1 is 1.10 bits per heavy atom. The van der Waals surface area contributed by atoms with E-state index in [1.54, 1.807) is 0 Å². The summed E-state index contributed by atoms with van der Waals surface area (Å²) in [5, 5.41) is 3.28. The molecule has 1 nitrogen and oxygen atoms in total. The fraction of sp³-hybridized carbons (Fsp3) is 1.00. The van der Waals surface area contributed by atoms with E-state index in [1.165, 1.54) is 12.8 Å². The standard InChI is InChI=1S/C7H17N.C2H6/c1-5-7(3,6-2)8-4;1-2/h8H,5-6H2,1-4H3;1-2H3. The molecule has 64 valence electrons. The van der Waals surface area contributed by atoms with Crippen molar-refractivity contribution >= 4 is 0 Å². The van der Waals surface area contributed by atoms with Gasteiger partial charge in [0.1, 0.15) is 0 Å². The van der Waals surface area contributed by atoms with Crippen molar-refractivity contribution in [3.63, 3.8) is 0 Å². The molecule has 0 spiro atoms. The van der Waals surface area contributed by atoms with Gasteiger partial charge in [-0.3, -0.25) is 0 Å². The molecule has 0 aliphatic rings. The van der Waals surface area contributed by atoms with Crippen LogP contribution in [0.3, 0.4) is 0 Å². The van der Waals surface area contributed by atoms with Crippen LogP contribution in [0, 0.1) is 0 Å². The molecule has 0 bridgehead atoms. The highest BCUT2D eigenvalue weighted by atomic mass is 14.9. The molecule has 1 N–H and O–H groups in total. The van der Waals surface area contributed by atoms with Crippen LogP contribution >= 0.6 is 0 Å². The highest BCUT2D eigenvalue weighted by molar-refractivity contribution is 4.76. The van der Waals surface area contributed by atoms with Crippen LogP contribution in [0.5, 0.6) is 0 Å². The van der Waals surface area contributed by atoms with Gasteiger partial charge in [0.2, 0.25) is 0 Å². The fourth-order valence-corrected chi connectivity index (χ4v) is 0.604. The Kier molecular flexibility index (Phi) is 8.92. The monoisotopic (exact) mass is 145 g/mol. The first kappa shape index (κ1) is 12.6. The van der Waals surface area contributed by atoms with Gasteiger partial charge < -0.3 is 5.32 Å². The minimum absolute atomic E-state index is 0.375. The lowest BCUT2D eigenvalue weighted by Crippen LogP contribution is -2.37. The van der Waals surface area contributed by atoms with Gasteiger partial charge in [-0.1, -0.05) is 27.7 Å². The fourth-order valence-electron chi connectivity index (χ4n) is 0.604. The predicted molar refractivity (Wildman–Crippen MR) is 49.4 cm³/mol. The maximum Gasteiger partial charge on any atom is 0.0145 e. The summed E-state index contributed by atoms with van der Waals surface area (Å²) in [6, 6.07) is 0. The minimum Gasteiger partial charge on any atom is -0.315 e. The van der Waals surface area contributed by atoms with Crippen LogP contribution in [-0.4, -0.2) is 12.6 Å².